The first-order chi connectivity index (χ1) is 15.9. The van der Waals surface area contributed by atoms with Crippen LogP contribution in [0.2, 0.25) is 0 Å². The molecule has 0 saturated carbocycles. The predicted molar refractivity (Wildman–Crippen MR) is 130 cm³/mol. The van der Waals surface area contributed by atoms with E-state index in [2.05, 4.69) is 45.7 Å². The van der Waals surface area contributed by atoms with Crippen LogP contribution < -0.4 is 10.6 Å². The number of hydrogen-bond acceptors (Lipinski definition) is 5. The molecule has 2 heterocycles. The molecule has 0 aliphatic heterocycles. The smallest absolute Gasteiger partial charge is 0.131 e. The molecular weight excluding hydrogens is 415 g/mol. The number of anilines is 1. The SMILES string of the molecule is CC[C@@H](C)Nc1ccc(-c2n[nH]c3cc(C#N)c(-c4c(C)cc(CNC)cc4F)cc23)cn1. The predicted octanol–water partition coefficient (Wildman–Crippen LogP) is 5.54. The molecule has 0 unspecified atom stereocenters. The number of aromatic amines is 1. The number of fused-ring (bicyclic) bond motifs is 1. The molecule has 33 heavy (non-hydrogen) atoms. The molecule has 168 valence electrons. The van der Waals surface area contributed by atoms with E-state index in [1.54, 1.807) is 12.3 Å². The quantitative estimate of drug-likeness (QED) is 0.350. The Kier molecular flexibility index (Phi) is 6.38. The van der Waals surface area contributed by atoms with Crippen LogP contribution in [0.25, 0.3) is 33.3 Å². The zero-order chi connectivity index (χ0) is 23.5. The fourth-order valence-electron chi connectivity index (χ4n) is 4.02. The molecule has 7 heteroatoms. The molecule has 6 nitrogen and oxygen atoms in total. The molecule has 0 saturated heterocycles. The number of halogens is 1. The summed E-state index contributed by atoms with van der Waals surface area (Å²) in [6.07, 6.45) is 2.78. The van der Waals surface area contributed by atoms with Crippen LogP contribution in [0.4, 0.5) is 10.2 Å². The minimum absolute atomic E-state index is 0.333. The number of aromatic nitrogens is 3. The topological polar surface area (TPSA) is 89.4 Å². The Labute approximate surface area is 192 Å². The second kappa shape index (κ2) is 9.39. The highest BCUT2D eigenvalue weighted by molar-refractivity contribution is 5.97. The number of hydrogen-bond donors (Lipinski definition) is 3. The lowest BCUT2D eigenvalue weighted by atomic mass is 9.92. The van der Waals surface area contributed by atoms with Gasteiger partial charge in [-0.1, -0.05) is 13.0 Å². The van der Waals surface area contributed by atoms with Crippen LogP contribution in [0.1, 0.15) is 37.0 Å². The molecule has 0 aliphatic carbocycles. The van der Waals surface area contributed by atoms with Gasteiger partial charge in [0.25, 0.3) is 0 Å². The Balaban J connectivity index is 1.81. The van der Waals surface area contributed by atoms with E-state index in [0.717, 1.165) is 39.8 Å². The minimum Gasteiger partial charge on any atom is -0.368 e. The number of H-pyrrole nitrogens is 1. The first kappa shape index (κ1) is 22.4. The maximum atomic E-state index is 15.2. The van der Waals surface area contributed by atoms with Crippen molar-refractivity contribution in [3.8, 4) is 28.5 Å². The molecule has 4 aromatic rings. The van der Waals surface area contributed by atoms with Crippen molar-refractivity contribution in [2.24, 2.45) is 0 Å². The third-order valence-corrected chi connectivity index (χ3v) is 5.86. The van der Waals surface area contributed by atoms with Crippen LogP contribution >= 0.6 is 0 Å². The van der Waals surface area contributed by atoms with Gasteiger partial charge < -0.3 is 10.6 Å². The number of pyridine rings is 1. The highest BCUT2D eigenvalue weighted by Crippen LogP contribution is 2.36. The van der Waals surface area contributed by atoms with Gasteiger partial charge in [0.05, 0.1) is 17.1 Å². The zero-order valence-electron chi connectivity index (χ0n) is 19.3. The van der Waals surface area contributed by atoms with Crippen molar-refractivity contribution in [3.05, 3.63) is 65.1 Å². The molecule has 0 bridgehead atoms. The zero-order valence-corrected chi connectivity index (χ0v) is 19.3. The summed E-state index contributed by atoms with van der Waals surface area (Å²) >= 11 is 0. The molecule has 4 rings (SSSR count). The summed E-state index contributed by atoms with van der Waals surface area (Å²) in [6, 6.07) is 13.5. The summed E-state index contributed by atoms with van der Waals surface area (Å²) in [4.78, 5) is 4.52. The molecule has 0 fully saturated rings. The Bertz CT molecular complexity index is 1310. The normalized spacial score (nSPS) is 12.0. The van der Waals surface area contributed by atoms with E-state index in [1.165, 1.54) is 6.07 Å². The summed E-state index contributed by atoms with van der Waals surface area (Å²) in [5.74, 6) is 0.461. The Hall–Kier alpha value is -3.76. The van der Waals surface area contributed by atoms with Crippen LogP contribution in [-0.2, 0) is 6.54 Å². The highest BCUT2D eigenvalue weighted by atomic mass is 19.1. The molecule has 2 aromatic carbocycles. The number of rotatable bonds is 7. The van der Waals surface area contributed by atoms with E-state index < -0.39 is 0 Å². The third kappa shape index (κ3) is 4.43. The van der Waals surface area contributed by atoms with Crippen molar-refractivity contribution in [3.63, 3.8) is 0 Å². The number of nitriles is 1. The molecule has 0 radical (unpaired) electrons. The summed E-state index contributed by atoms with van der Waals surface area (Å²) in [5.41, 5.74) is 5.30. The maximum absolute atomic E-state index is 15.2. The number of aryl methyl sites for hydroxylation is 1. The molecule has 3 N–H and O–H groups in total. The van der Waals surface area contributed by atoms with E-state index in [0.29, 0.717) is 35.0 Å². The second-order valence-corrected chi connectivity index (χ2v) is 8.31. The minimum atomic E-state index is -0.344. The number of benzene rings is 2. The van der Waals surface area contributed by atoms with E-state index >= 15 is 4.39 Å². The summed E-state index contributed by atoms with van der Waals surface area (Å²) in [6.45, 7) is 6.67. The molecular formula is C26H27FN6. The van der Waals surface area contributed by atoms with Crippen molar-refractivity contribution in [1.29, 1.82) is 5.26 Å². The number of nitrogens with zero attached hydrogens (tertiary/aromatic N) is 3. The van der Waals surface area contributed by atoms with Gasteiger partial charge in [-0.15, -0.1) is 0 Å². The van der Waals surface area contributed by atoms with Crippen LogP contribution in [0.5, 0.6) is 0 Å². The summed E-state index contributed by atoms with van der Waals surface area (Å²) < 4.78 is 15.2. The van der Waals surface area contributed by atoms with Gasteiger partial charge in [0.15, 0.2) is 0 Å². The Morgan fingerprint density at radius 2 is 2.03 bits per heavy atom. The molecule has 0 amide bonds. The Morgan fingerprint density at radius 3 is 2.67 bits per heavy atom. The van der Waals surface area contributed by atoms with Crippen molar-refractivity contribution >= 4 is 16.7 Å². The van der Waals surface area contributed by atoms with E-state index in [1.807, 2.05) is 38.2 Å². The molecule has 2 aromatic heterocycles. The first-order valence-corrected chi connectivity index (χ1v) is 11.0. The molecule has 0 spiro atoms. The molecule has 1 atom stereocenters. The summed E-state index contributed by atoms with van der Waals surface area (Å²) in [5, 5.41) is 24.5. The average molecular weight is 443 g/mol. The average Bonchev–Trinajstić information content (AvgIpc) is 3.21. The lowest BCUT2D eigenvalue weighted by Gasteiger charge is -2.13. The van der Waals surface area contributed by atoms with Crippen molar-refractivity contribution in [1.82, 2.24) is 20.5 Å². The van der Waals surface area contributed by atoms with Gasteiger partial charge >= 0.3 is 0 Å². The molecule has 0 aliphatic rings. The van der Waals surface area contributed by atoms with Gasteiger partial charge in [0, 0.05) is 40.9 Å². The largest absolute Gasteiger partial charge is 0.368 e. The fourth-order valence-corrected chi connectivity index (χ4v) is 4.02. The lowest BCUT2D eigenvalue weighted by molar-refractivity contribution is 0.626. The van der Waals surface area contributed by atoms with Crippen LogP contribution in [0.15, 0.2) is 42.6 Å². The van der Waals surface area contributed by atoms with Crippen LogP contribution in [0, 0.1) is 24.1 Å². The van der Waals surface area contributed by atoms with Crippen LogP contribution in [-0.4, -0.2) is 28.3 Å². The monoisotopic (exact) mass is 442 g/mol. The van der Waals surface area contributed by atoms with Gasteiger partial charge in [-0.2, -0.15) is 10.4 Å². The van der Waals surface area contributed by atoms with Gasteiger partial charge in [0.2, 0.25) is 0 Å². The first-order valence-electron chi connectivity index (χ1n) is 11.0. The van der Waals surface area contributed by atoms with E-state index in [9.17, 15) is 5.26 Å². The second-order valence-electron chi connectivity index (χ2n) is 8.31. The fraction of sp³-hybridized carbons (Fsp3) is 0.269. The lowest BCUT2D eigenvalue weighted by Crippen LogP contribution is -2.14. The van der Waals surface area contributed by atoms with Gasteiger partial charge in [0.1, 0.15) is 17.3 Å². The highest BCUT2D eigenvalue weighted by Gasteiger charge is 2.18. The van der Waals surface area contributed by atoms with Crippen LogP contribution in [0.3, 0.4) is 0 Å². The van der Waals surface area contributed by atoms with Gasteiger partial charge in [-0.05, 0) is 68.8 Å². The maximum Gasteiger partial charge on any atom is 0.131 e. The van der Waals surface area contributed by atoms with Gasteiger partial charge in [-0.3, -0.25) is 5.10 Å². The van der Waals surface area contributed by atoms with Crippen molar-refractivity contribution < 1.29 is 4.39 Å². The van der Waals surface area contributed by atoms with Crippen molar-refractivity contribution in [2.75, 3.05) is 12.4 Å². The number of nitrogens with one attached hydrogen (secondary N) is 3. The standard InChI is InChI=1S/C26H27FN6/c1-5-16(3)31-24-7-6-18(14-30-24)26-21-11-20(19(12-28)10-23(21)32-33-26)25-15(2)8-17(13-29-4)9-22(25)27/h6-11,14,16,29H,5,13H2,1-4H3,(H,30,31)(H,32,33)/t16-/m1/s1. The van der Waals surface area contributed by atoms with E-state index in [-0.39, 0.29) is 5.82 Å². The van der Waals surface area contributed by atoms with E-state index in [4.69, 9.17) is 0 Å². The summed E-state index contributed by atoms with van der Waals surface area (Å²) in [7, 11) is 1.82. The van der Waals surface area contributed by atoms with Crippen molar-refractivity contribution in [2.45, 2.75) is 39.8 Å². The third-order valence-electron chi connectivity index (χ3n) is 5.86. The Morgan fingerprint density at radius 1 is 1.21 bits per heavy atom. The van der Waals surface area contributed by atoms with Gasteiger partial charge in [-0.25, -0.2) is 9.37 Å².